The minimum Gasteiger partial charge on any atom is -0.328 e. The molecular weight excluding hydrogens is 281 g/mol. The molecule has 2 rings (SSSR count). The molecule has 0 saturated carbocycles. The van der Waals surface area contributed by atoms with E-state index in [0.29, 0.717) is 16.3 Å². The van der Waals surface area contributed by atoms with Gasteiger partial charge in [-0.25, -0.2) is 4.39 Å². The lowest BCUT2D eigenvalue weighted by Crippen LogP contribution is -2.17. The summed E-state index contributed by atoms with van der Waals surface area (Å²) in [5, 5.41) is 0.652. The van der Waals surface area contributed by atoms with Crippen LogP contribution in [0.25, 0.3) is 0 Å². The van der Waals surface area contributed by atoms with Gasteiger partial charge in [-0.1, -0.05) is 35.5 Å². The molecule has 19 heavy (non-hydrogen) atoms. The third kappa shape index (κ3) is 4.23. The van der Waals surface area contributed by atoms with Crippen LogP contribution in [-0.2, 0) is 6.42 Å². The fourth-order valence-electron chi connectivity index (χ4n) is 1.78. The molecular formula is C15H15ClFNS. The topological polar surface area (TPSA) is 26.0 Å². The molecule has 0 spiro atoms. The van der Waals surface area contributed by atoms with E-state index in [9.17, 15) is 4.39 Å². The predicted octanol–water partition coefficient (Wildman–Crippen LogP) is 4.52. The van der Waals surface area contributed by atoms with Crippen LogP contribution in [0.1, 0.15) is 12.5 Å². The maximum Gasteiger partial charge on any atom is 0.137 e. The second-order valence-electron chi connectivity index (χ2n) is 4.51. The molecule has 1 unspecified atom stereocenters. The fourth-order valence-corrected chi connectivity index (χ4v) is 2.92. The van der Waals surface area contributed by atoms with Crippen LogP contribution in [0.3, 0.4) is 0 Å². The van der Waals surface area contributed by atoms with Gasteiger partial charge in [0.05, 0.1) is 0 Å². The van der Waals surface area contributed by atoms with Crippen LogP contribution < -0.4 is 5.73 Å². The number of nitrogens with two attached hydrogens (primary N) is 1. The van der Waals surface area contributed by atoms with Crippen LogP contribution in [0.5, 0.6) is 0 Å². The van der Waals surface area contributed by atoms with Gasteiger partial charge in [-0.2, -0.15) is 0 Å². The van der Waals surface area contributed by atoms with Gasteiger partial charge in [-0.3, -0.25) is 0 Å². The number of rotatable bonds is 4. The Morgan fingerprint density at radius 1 is 1.26 bits per heavy atom. The van der Waals surface area contributed by atoms with Crippen molar-refractivity contribution in [3.05, 3.63) is 58.9 Å². The molecule has 1 atom stereocenters. The van der Waals surface area contributed by atoms with E-state index in [1.807, 2.05) is 31.2 Å². The molecule has 0 amide bonds. The van der Waals surface area contributed by atoms with E-state index in [4.69, 9.17) is 17.3 Å². The van der Waals surface area contributed by atoms with Gasteiger partial charge in [0.1, 0.15) is 5.82 Å². The van der Waals surface area contributed by atoms with Crippen molar-refractivity contribution in [2.75, 3.05) is 0 Å². The summed E-state index contributed by atoms with van der Waals surface area (Å²) in [5.74, 6) is -0.219. The Balaban J connectivity index is 2.17. The van der Waals surface area contributed by atoms with Crippen molar-refractivity contribution in [2.24, 2.45) is 5.73 Å². The molecule has 0 heterocycles. The number of hydrogen-bond acceptors (Lipinski definition) is 2. The zero-order chi connectivity index (χ0) is 13.8. The molecule has 1 nitrogen and oxygen atoms in total. The first-order valence-electron chi connectivity index (χ1n) is 6.02. The Bertz CT molecular complexity index is 572. The van der Waals surface area contributed by atoms with Gasteiger partial charge in [0.15, 0.2) is 0 Å². The first-order valence-corrected chi connectivity index (χ1v) is 7.21. The second kappa shape index (κ2) is 6.42. The predicted molar refractivity (Wildman–Crippen MR) is 79.3 cm³/mol. The molecule has 2 aromatic rings. The highest BCUT2D eigenvalue weighted by molar-refractivity contribution is 7.99. The van der Waals surface area contributed by atoms with Crippen LogP contribution in [0.2, 0.25) is 5.02 Å². The largest absolute Gasteiger partial charge is 0.328 e. The SMILES string of the molecule is CC(N)Cc1ccc(Sc2cccc(Cl)c2)c(F)c1. The lowest BCUT2D eigenvalue weighted by Gasteiger charge is -2.08. The van der Waals surface area contributed by atoms with Gasteiger partial charge in [0, 0.05) is 20.9 Å². The van der Waals surface area contributed by atoms with Gasteiger partial charge in [-0.15, -0.1) is 0 Å². The number of benzene rings is 2. The highest BCUT2D eigenvalue weighted by Crippen LogP contribution is 2.31. The van der Waals surface area contributed by atoms with Crippen molar-refractivity contribution in [3.63, 3.8) is 0 Å². The van der Waals surface area contributed by atoms with Crippen molar-refractivity contribution in [2.45, 2.75) is 29.2 Å². The molecule has 0 bridgehead atoms. The van der Waals surface area contributed by atoms with Crippen molar-refractivity contribution in [3.8, 4) is 0 Å². The van der Waals surface area contributed by atoms with Gasteiger partial charge in [0.2, 0.25) is 0 Å². The van der Waals surface area contributed by atoms with Crippen molar-refractivity contribution in [1.82, 2.24) is 0 Å². The maximum atomic E-state index is 14.0. The maximum absolute atomic E-state index is 14.0. The summed E-state index contributed by atoms with van der Waals surface area (Å²) in [4.78, 5) is 1.52. The Labute approximate surface area is 122 Å². The molecule has 0 radical (unpaired) electrons. The lowest BCUT2D eigenvalue weighted by atomic mass is 10.1. The van der Waals surface area contributed by atoms with E-state index in [0.717, 1.165) is 10.5 Å². The van der Waals surface area contributed by atoms with Crippen LogP contribution in [-0.4, -0.2) is 6.04 Å². The Kier molecular flexibility index (Phi) is 4.86. The second-order valence-corrected chi connectivity index (χ2v) is 6.06. The Hall–Kier alpha value is -1.03. The first-order chi connectivity index (χ1) is 9.04. The summed E-state index contributed by atoms with van der Waals surface area (Å²) < 4.78 is 14.0. The molecule has 2 aromatic carbocycles. The summed E-state index contributed by atoms with van der Waals surface area (Å²) in [6.07, 6.45) is 0.680. The molecule has 4 heteroatoms. The Morgan fingerprint density at radius 2 is 2.05 bits per heavy atom. The van der Waals surface area contributed by atoms with E-state index in [2.05, 4.69) is 0 Å². The average molecular weight is 296 g/mol. The normalized spacial score (nSPS) is 12.4. The van der Waals surface area contributed by atoms with E-state index >= 15 is 0 Å². The average Bonchev–Trinajstić information content (AvgIpc) is 2.32. The molecule has 0 aliphatic rings. The molecule has 100 valence electrons. The summed E-state index contributed by atoms with van der Waals surface area (Å²) in [6.45, 7) is 1.91. The van der Waals surface area contributed by atoms with Crippen molar-refractivity contribution >= 4 is 23.4 Å². The number of halogens is 2. The van der Waals surface area contributed by atoms with Gasteiger partial charge < -0.3 is 5.73 Å². The van der Waals surface area contributed by atoms with E-state index in [1.165, 1.54) is 11.8 Å². The summed E-state index contributed by atoms with van der Waals surface area (Å²) >= 11 is 7.28. The smallest absolute Gasteiger partial charge is 0.137 e. The van der Waals surface area contributed by atoms with Crippen molar-refractivity contribution < 1.29 is 4.39 Å². The molecule has 0 saturated heterocycles. The van der Waals surface area contributed by atoms with Gasteiger partial charge in [0.25, 0.3) is 0 Å². The van der Waals surface area contributed by atoms with Crippen LogP contribution in [0, 0.1) is 5.82 Å². The third-order valence-corrected chi connectivity index (χ3v) is 3.85. The van der Waals surface area contributed by atoms with Crippen LogP contribution >= 0.6 is 23.4 Å². The highest BCUT2D eigenvalue weighted by atomic mass is 35.5. The van der Waals surface area contributed by atoms with Crippen LogP contribution in [0.15, 0.2) is 52.3 Å². The number of hydrogen-bond donors (Lipinski definition) is 1. The van der Waals surface area contributed by atoms with E-state index in [1.54, 1.807) is 18.2 Å². The third-order valence-electron chi connectivity index (χ3n) is 2.58. The zero-order valence-electron chi connectivity index (χ0n) is 10.6. The molecule has 0 aliphatic carbocycles. The monoisotopic (exact) mass is 295 g/mol. The molecule has 0 fully saturated rings. The summed E-state index contributed by atoms with van der Waals surface area (Å²) in [7, 11) is 0. The quantitative estimate of drug-likeness (QED) is 0.897. The first kappa shape index (κ1) is 14.4. The van der Waals surface area contributed by atoms with Crippen molar-refractivity contribution in [1.29, 1.82) is 0 Å². The van der Waals surface area contributed by atoms with Gasteiger partial charge in [-0.05, 0) is 49.2 Å². The van der Waals surface area contributed by atoms with E-state index < -0.39 is 0 Å². The Morgan fingerprint density at radius 3 is 2.68 bits per heavy atom. The summed E-state index contributed by atoms with van der Waals surface area (Å²) in [5.41, 5.74) is 6.63. The lowest BCUT2D eigenvalue weighted by molar-refractivity contribution is 0.597. The highest BCUT2D eigenvalue weighted by Gasteiger charge is 2.07. The standard InChI is InChI=1S/C15H15ClFNS/c1-10(18)7-11-5-6-15(14(17)8-11)19-13-4-2-3-12(16)9-13/h2-6,8-10H,7,18H2,1H3. The zero-order valence-corrected chi connectivity index (χ0v) is 12.1. The summed E-state index contributed by atoms with van der Waals surface area (Å²) in [6, 6.07) is 12.7. The minimum absolute atomic E-state index is 0.0332. The fraction of sp³-hybridized carbons (Fsp3) is 0.200. The minimum atomic E-state index is -0.219. The molecule has 0 aromatic heterocycles. The van der Waals surface area contributed by atoms with E-state index in [-0.39, 0.29) is 11.9 Å². The molecule has 2 N–H and O–H groups in total. The van der Waals surface area contributed by atoms with Crippen LogP contribution in [0.4, 0.5) is 4.39 Å². The van der Waals surface area contributed by atoms with Gasteiger partial charge >= 0.3 is 0 Å². The molecule has 0 aliphatic heterocycles.